The third-order valence-electron chi connectivity index (χ3n) is 5.30. The number of piperidine rings is 1. The monoisotopic (exact) mass is 457 g/mol. The summed E-state index contributed by atoms with van der Waals surface area (Å²) in [5, 5.41) is 2.68. The summed E-state index contributed by atoms with van der Waals surface area (Å²) in [5.41, 5.74) is 1.26. The van der Waals surface area contributed by atoms with Gasteiger partial charge in [-0.15, -0.1) is 0 Å². The van der Waals surface area contributed by atoms with Crippen LogP contribution in [0.3, 0.4) is 0 Å². The molecular weight excluding hydrogens is 430 g/mol. The van der Waals surface area contributed by atoms with Gasteiger partial charge in [-0.25, -0.2) is 8.42 Å². The maximum atomic E-state index is 12.9. The van der Waals surface area contributed by atoms with Gasteiger partial charge in [0.2, 0.25) is 15.9 Å². The Labute approximate surface area is 188 Å². The molecule has 2 aromatic carbocycles. The zero-order valence-corrected chi connectivity index (χ0v) is 19.0. The molecule has 1 fully saturated rings. The first kappa shape index (κ1) is 23.5. The van der Waals surface area contributed by atoms with E-state index in [1.165, 1.54) is 19.1 Å². The third kappa shape index (κ3) is 5.73. The Hall–Kier alpha value is -3.20. The summed E-state index contributed by atoms with van der Waals surface area (Å²) in [6, 6.07) is 12.8. The lowest BCUT2D eigenvalue weighted by atomic mass is 10.1. The number of sulfonamides is 1. The fourth-order valence-corrected chi connectivity index (χ4v) is 4.49. The number of carbonyl (C=O) groups is 3. The van der Waals surface area contributed by atoms with Crippen molar-refractivity contribution in [1.29, 1.82) is 0 Å². The summed E-state index contributed by atoms with van der Waals surface area (Å²) in [6.45, 7) is 2.24. The molecule has 3 rings (SSSR count). The summed E-state index contributed by atoms with van der Waals surface area (Å²) in [5.74, 6) is -0.966. The first-order chi connectivity index (χ1) is 15.2. The van der Waals surface area contributed by atoms with Gasteiger partial charge >= 0.3 is 0 Å². The molecule has 0 bridgehead atoms. The van der Waals surface area contributed by atoms with E-state index >= 15 is 0 Å². The Morgan fingerprint density at radius 3 is 2.34 bits per heavy atom. The summed E-state index contributed by atoms with van der Waals surface area (Å²) in [6.07, 6.45) is 3.98. The van der Waals surface area contributed by atoms with Crippen LogP contribution in [0, 0.1) is 0 Å². The first-order valence-corrected chi connectivity index (χ1v) is 12.3. The van der Waals surface area contributed by atoms with Gasteiger partial charge in [-0.3, -0.25) is 18.7 Å². The number of para-hydroxylation sites is 1. The smallest absolute Gasteiger partial charge is 0.255 e. The third-order valence-corrected chi connectivity index (χ3v) is 6.44. The second-order valence-electron chi connectivity index (χ2n) is 7.82. The van der Waals surface area contributed by atoms with E-state index < -0.39 is 22.5 Å². The molecule has 1 aliphatic rings. The largest absolute Gasteiger partial charge is 0.339 e. The standard InChI is InChI=1S/C23H27N3O5S/c1-17(27)18-9-8-10-19(15-18)26(32(2,30)31)16-22(28)24-21-12-5-4-11-20(21)23(29)25-13-6-3-7-14-25/h4-5,8-12,15H,3,6-7,13-14,16H2,1-2H3,(H,24,28). The normalized spacial score (nSPS) is 14.0. The summed E-state index contributed by atoms with van der Waals surface area (Å²) in [4.78, 5) is 39.2. The van der Waals surface area contributed by atoms with Gasteiger partial charge in [0, 0.05) is 18.7 Å². The summed E-state index contributed by atoms with van der Waals surface area (Å²) in [7, 11) is -3.81. The van der Waals surface area contributed by atoms with Gasteiger partial charge in [0.1, 0.15) is 6.54 Å². The fourth-order valence-electron chi connectivity index (χ4n) is 3.65. The molecule has 0 atom stereocenters. The van der Waals surface area contributed by atoms with Crippen LogP contribution in [0.25, 0.3) is 0 Å². The van der Waals surface area contributed by atoms with Crippen molar-refractivity contribution in [3.05, 3.63) is 59.7 Å². The van der Waals surface area contributed by atoms with Gasteiger partial charge < -0.3 is 10.2 Å². The summed E-state index contributed by atoms with van der Waals surface area (Å²) < 4.78 is 25.7. The molecule has 9 heteroatoms. The number of amides is 2. The van der Waals surface area contributed by atoms with Gasteiger partial charge in [0.15, 0.2) is 5.78 Å². The van der Waals surface area contributed by atoms with Crippen molar-refractivity contribution in [3.8, 4) is 0 Å². The van der Waals surface area contributed by atoms with Crippen LogP contribution in [0.15, 0.2) is 48.5 Å². The summed E-state index contributed by atoms with van der Waals surface area (Å²) >= 11 is 0. The van der Waals surface area contributed by atoms with Crippen LogP contribution in [-0.2, 0) is 14.8 Å². The lowest BCUT2D eigenvalue weighted by Gasteiger charge is -2.27. The van der Waals surface area contributed by atoms with Crippen LogP contribution >= 0.6 is 0 Å². The highest BCUT2D eigenvalue weighted by Gasteiger charge is 2.24. The molecule has 1 saturated heterocycles. The molecule has 0 aliphatic carbocycles. The molecule has 1 heterocycles. The minimum absolute atomic E-state index is 0.158. The van der Waals surface area contributed by atoms with E-state index in [-0.39, 0.29) is 17.4 Å². The highest BCUT2D eigenvalue weighted by Crippen LogP contribution is 2.22. The zero-order chi connectivity index (χ0) is 23.3. The molecule has 2 aromatic rings. The second kappa shape index (κ2) is 9.95. The zero-order valence-electron chi connectivity index (χ0n) is 18.2. The van der Waals surface area contributed by atoms with E-state index in [1.54, 1.807) is 41.3 Å². The van der Waals surface area contributed by atoms with Crippen molar-refractivity contribution in [1.82, 2.24) is 4.90 Å². The maximum absolute atomic E-state index is 12.9. The van der Waals surface area contributed by atoms with Crippen molar-refractivity contribution in [2.75, 3.05) is 35.5 Å². The molecule has 0 spiro atoms. The predicted octanol–water partition coefficient (Wildman–Crippen LogP) is 2.92. The second-order valence-corrected chi connectivity index (χ2v) is 9.73. The van der Waals surface area contributed by atoms with Crippen molar-refractivity contribution in [3.63, 3.8) is 0 Å². The number of hydrogen-bond donors (Lipinski definition) is 1. The Morgan fingerprint density at radius 2 is 1.69 bits per heavy atom. The molecule has 170 valence electrons. The lowest BCUT2D eigenvalue weighted by Crippen LogP contribution is -2.38. The van der Waals surface area contributed by atoms with E-state index in [4.69, 9.17) is 0 Å². The minimum Gasteiger partial charge on any atom is -0.339 e. The molecule has 32 heavy (non-hydrogen) atoms. The van der Waals surface area contributed by atoms with Crippen molar-refractivity contribution in [2.45, 2.75) is 26.2 Å². The predicted molar refractivity (Wildman–Crippen MR) is 123 cm³/mol. The number of Topliss-reactive ketones (excluding diaryl/α,β-unsaturated/α-hetero) is 1. The SMILES string of the molecule is CC(=O)c1cccc(N(CC(=O)Nc2ccccc2C(=O)N2CCCCC2)S(C)(=O)=O)c1. The van der Waals surface area contributed by atoms with Gasteiger partial charge in [-0.1, -0.05) is 24.3 Å². The number of nitrogens with zero attached hydrogens (tertiary/aromatic N) is 2. The lowest BCUT2D eigenvalue weighted by molar-refractivity contribution is -0.114. The van der Waals surface area contributed by atoms with Crippen molar-refractivity contribution >= 4 is 39.0 Å². The van der Waals surface area contributed by atoms with Crippen LogP contribution in [0.2, 0.25) is 0 Å². The number of carbonyl (C=O) groups excluding carboxylic acids is 3. The van der Waals surface area contributed by atoms with Crippen molar-refractivity contribution in [2.24, 2.45) is 0 Å². The molecule has 0 saturated carbocycles. The first-order valence-electron chi connectivity index (χ1n) is 10.4. The van der Waals surface area contributed by atoms with Gasteiger partial charge in [-0.2, -0.15) is 0 Å². The van der Waals surface area contributed by atoms with E-state index in [0.717, 1.165) is 29.8 Å². The molecule has 0 aromatic heterocycles. The maximum Gasteiger partial charge on any atom is 0.255 e. The highest BCUT2D eigenvalue weighted by molar-refractivity contribution is 7.92. The Balaban J connectivity index is 1.81. The van der Waals surface area contributed by atoms with E-state index in [0.29, 0.717) is 29.9 Å². The molecule has 1 aliphatic heterocycles. The number of benzene rings is 2. The van der Waals surface area contributed by atoms with E-state index in [2.05, 4.69) is 5.32 Å². The van der Waals surface area contributed by atoms with Crippen LogP contribution in [0.5, 0.6) is 0 Å². The highest BCUT2D eigenvalue weighted by atomic mass is 32.2. The number of nitrogens with one attached hydrogen (secondary N) is 1. The van der Waals surface area contributed by atoms with E-state index in [1.807, 2.05) is 0 Å². The number of hydrogen-bond acceptors (Lipinski definition) is 5. The average molecular weight is 458 g/mol. The van der Waals surface area contributed by atoms with E-state index in [9.17, 15) is 22.8 Å². The number of likely N-dealkylation sites (tertiary alicyclic amines) is 1. The molecule has 0 unspecified atom stereocenters. The van der Waals surface area contributed by atoms with Crippen LogP contribution in [-0.4, -0.2) is 56.8 Å². The van der Waals surface area contributed by atoms with Crippen molar-refractivity contribution < 1.29 is 22.8 Å². The molecular formula is C23H27N3O5S. The Morgan fingerprint density at radius 1 is 1.00 bits per heavy atom. The molecule has 0 radical (unpaired) electrons. The Kier molecular flexibility index (Phi) is 7.29. The van der Waals surface area contributed by atoms with Gasteiger partial charge in [0.25, 0.3) is 5.91 Å². The molecule has 2 amide bonds. The van der Waals surface area contributed by atoms with Crippen LogP contribution in [0.1, 0.15) is 46.9 Å². The van der Waals surface area contributed by atoms with Gasteiger partial charge in [-0.05, 0) is 50.5 Å². The molecule has 8 nitrogen and oxygen atoms in total. The number of ketones is 1. The fraction of sp³-hybridized carbons (Fsp3) is 0.348. The quantitative estimate of drug-likeness (QED) is 0.644. The minimum atomic E-state index is -3.81. The van der Waals surface area contributed by atoms with Crippen LogP contribution < -0.4 is 9.62 Å². The average Bonchev–Trinajstić information content (AvgIpc) is 2.77. The Bertz CT molecular complexity index is 1120. The van der Waals surface area contributed by atoms with Gasteiger partial charge in [0.05, 0.1) is 23.2 Å². The number of anilines is 2. The van der Waals surface area contributed by atoms with Crippen LogP contribution in [0.4, 0.5) is 11.4 Å². The molecule has 1 N–H and O–H groups in total. The topological polar surface area (TPSA) is 104 Å². The number of rotatable bonds is 7.